The SMILES string of the molecule is Nc1cc(F)c(N2CCC(CCO)C2)cc1C(=O)O. The van der Waals surface area contributed by atoms with Gasteiger partial charge in [0.1, 0.15) is 5.82 Å². The van der Waals surface area contributed by atoms with Crippen LogP contribution in [0.2, 0.25) is 0 Å². The number of carboxylic acids is 1. The molecule has 1 saturated heterocycles. The van der Waals surface area contributed by atoms with Gasteiger partial charge in [0, 0.05) is 25.4 Å². The van der Waals surface area contributed by atoms with Crippen LogP contribution in [0.3, 0.4) is 0 Å². The van der Waals surface area contributed by atoms with E-state index >= 15 is 0 Å². The lowest BCUT2D eigenvalue weighted by Gasteiger charge is -2.20. The van der Waals surface area contributed by atoms with Gasteiger partial charge >= 0.3 is 5.97 Å². The summed E-state index contributed by atoms with van der Waals surface area (Å²) in [5.74, 6) is -1.35. The maximum Gasteiger partial charge on any atom is 0.337 e. The van der Waals surface area contributed by atoms with Gasteiger partial charge in [-0.3, -0.25) is 0 Å². The minimum Gasteiger partial charge on any atom is -0.478 e. The van der Waals surface area contributed by atoms with Crippen molar-refractivity contribution < 1.29 is 19.4 Å². The van der Waals surface area contributed by atoms with Crippen LogP contribution in [0.15, 0.2) is 12.1 Å². The normalized spacial score (nSPS) is 18.8. The Morgan fingerprint density at radius 2 is 2.26 bits per heavy atom. The van der Waals surface area contributed by atoms with E-state index in [9.17, 15) is 9.18 Å². The molecular weight excluding hydrogens is 251 g/mol. The topological polar surface area (TPSA) is 86.8 Å². The third kappa shape index (κ3) is 2.78. The zero-order valence-corrected chi connectivity index (χ0v) is 10.5. The molecule has 2 rings (SSSR count). The van der Waals surface area contributed by atoms with E-state index in [1.54, 1.807) is 0 Å². The second kappa shape index (κ2) is 5.44. The van der Waals surface area contributed by atoms with Gasteiger partial charge in [0.15, 0.2) is 0 Å². The average Bonchev–Trinajstić information content (AvgIpc) is 2.77. The summed E-state index contributed by atoms with van der Waals surface area (Å²) < 4.78 is 13.9. The first-order valence-electron chi connectivity index (χ1n) is 6.21. The van der Waals surface area contributed by atoms with Gasteiger partial charge in [-0.05, 0) is 30.9 Å². The maximum atomic E-state index is 13.9. The molecule has 19 heavy (non-hydrogen) atoms. The lowest BCUT2D eigenvalue weighted by molar-refractivity contribution is 0.0698. The fourth-order valence-corrected chi connectivity index (χ4v) is 2.47. The number of halogens is 1. The van der Waals surface area contributed by atoms with Gasteiger partial charge in [0.25, 0.3) is 0 Å². The molecule has 0 spiro atoms. The van der Waals surface area contributed by atoms with Gasteiger partial charge in [0.2, 0.25) is 0 Å². The first-order chi connectivity index (χ1) is 9.02. The lowest BCUT2D eigenvalue weighted by atomic mass is 10.1. The third-order valence-corrected chi connectivity index (χ3v) is 3.51. The molecule has 0 aromatic heterocycles. The Labute approximate surface area is 110 Å². The van der Waals surface area contributed by atoms with E-state index in [-0.39, 0.29) is 23.5 Å². The number of nitrogens with zero attached hydrogens (tertiary/aromatic N) is 1. The Morgan fingerprint density at radius 3 is 2.89 bits per heavy atom. The molecule has 5 nitrogen and oxygen atoms in total. The molecule has 6 heteroatoms. The number of anilines is 2. The maximum absolute atomic E-state index is 13.9. The number of nitrogens with two attached hydrogens (primary N) is 1. The number of benzene rings is 1. The van der Waals surface area contributed by atoms with E-state index in [1.165, 1.54) is 6.07 Å². The van der Waals surface area contributed by atoms with Gasteiger partial charge in [-0.15, -0.1) is 0 Å². The lowest BCUT2D eigenvalue weighted by Crippen LogP contribution is -2.22. The van der Waals surface area contributed by atoms with Crippen molar-refractivity contribution in [2.24, 2.45) is 5.92 Å². The van der Waals surface area contributed by atoms with Crippen LogP contribution in [0.25, 0.3) is 0 Å². The summed E-state index contributed by atoms with van der Waals surface area (Å²) >= 11 is 0. The number of nitrogen functional groups attached to an aromatic ring is 1. The van der Waals surface area contributed by atoms with E-state index in [1.807, 2.05) is 4.90 Å². The van der Waals surface area contributed by atoms with Crippen LogP contribution in [0.1, 0.15) is 23.2 Å². The minimum absolute atomic E-state index is 0.0696. The molecule has 1 aliphatic heterocycles. The number of hydrogen-bond acceptors (Lipinski definition) is 4. The highest BCUT2D eigenvalue weighted by molar-refractivity contribution is 5.95. The summed E-state index contributed by atoms with van der Waals surface area (Å²) in [6, 6.07) is 2.34. The van der Waals surface area contributed by atoms with Crippen LogP contribution in [-0.4, -0.2) is 35.9 Å². The van der Waals surface area contributed by atoms with Gasteiger partial charge < -0.3 is 20.8 Å². The van der Waals surface area contributed by atoms with Crippen LogP contribution in [0.4, 0.5) is 15.8 Å². The van der Waals surface area contributed by atoms with Crippen molar-refractivity contribution in [2.45, 2.75) is 12.8 Å². The second-order valence-corrected chi connectivity index (χ2v) is 4.81. The van der Waals surface area contributed by atoms with Crippen molar-refractivity contribution in [3.8, 4) is 0 Å². The monoisotopic (exact) mass is 268 g/mol. The van der Waals surface area contributed by atoms with Crippen molar-refractivity contribution in [3.63, 3.8) is 0 Å². The molecule has 4 N–H and O–H groups in total. The number of hydrogen-bond donors (Lipinski definition) is 3. The summed E-state index contributed by atoms with van der Waals surface area (Å²) in [7, 11) is 0. The van der Waals surface area contributed by atoms with Crippen molar-refractivity contribution >= 4 is 17.3 Å². The van der Waals surface area contributed by atoms with Crippen LogP contribution < -0.4 is 10.6 Å². The van der Waals surface area contributed by atoms with Crippen LogP contribution in [-0.2, 0) is 0 Å². The van der Waals surface area contributed by atoms with Crippen LogP contribution >= 0.6 is 0 Å². The Kier molecular flexibility index (Phi) is 3.90. The van der Waals surface area contributed by atoms with E-state index < -0.39 is 11.8 Å². The van der Waals surface area contributed by atoms with Gasteiger partial charge in [-0.1, -0.05) is 0 Å². The molecular formula is C13H17FN2O3. The molecule has 1 heterocycles. The van der Waals surface area contributed by atoms with Crippen molar-refractivity contribution in [2.75, 3.05) is 30.3 Å². The number of aliphatic hydroxyl groups is 1. The molecule has 1 aliphatic rings. The smallest absolute Gasteiger partial charge is 0.337 e. The van der Waals surface area contributed by atoms with E-state index in [4.69, 9.17) is 15.9 Å². The molecule has 1 atom stereocenters. The molecule has 0 amide bonds. The fraction of sp³-hybridized carbons (Fsp3) is 0.462. The summed E-state index contributed by atoms with van der Waals surface area (Å²) in [4.78, 5) is 12.8. The highest BCUT2D eigenvalue weighted by Gasteiger charge is 2.25. The predicted octanol–water partition coefficient (Wildman–Crippen LogP) is 1.31. The molecule has 1 fully saturated rings. The molecule has 0 saturated carbocycles. The molecule has 0 bridgehead atoms. The third-order valence-electron chi connectivity index (χ3n) is 3.51. The van der Waals surface area contributed by atoms with Crippen molar-refractivity contribution in [1.29, 1.82) is 0 Å². The minimum atomic E-state index is -1.16. The molecule has 0 aliphatic carbocycles. The summed E-state index contributed by atoms with van der Waals surface area (Å²) in [5.41, 5.74) is 5.61. The van der Waals surface area contributed by atoms with E-state index in [2.05, 4.69) is 0 Å². The highest BCUT2D eigenvalue weighted by atomic mass is 19.1. The summed E-state index contributed by atoms with van der Waals surface area (Å²) in [6.45, 7) is 1.40. The number of carbonyl (C=O) groups is 1. The number of aromatic carboxylic acids is 1. The summed E-state index contributed by atoms with van der Waals surface area (Å²) in [5, 5.41) is 17.9. The van der Waals surface area contributed by atoms with Crippen LogP contribution in [0.5, 0.6) is 0 Å². The van der Waals surface area contributed by atoms with Crippen molar-refractivity contribution in [1.82, 2.24) is 0 Å². The van der Waals surface area contributed by atoms with Crippen molar-refractivity contribution in [3.05, 3.63) is 23.5 Å². The van der Waals surface area contributed by atoms with Crippen LogP contribution in [0, 0.1) is 11.7 Å². The standard InChI is InChI=1S/C13H17FN2O3/c14-10-6-11(15)9(13(18)19)5-12(10)16-3-1-8(7-16)2-4-17/h5-6,8,17H,1-4,7,15H2,(H,18,19). The summed E-state index contributed by atoms with van der Waals surface area (Å²) in [6.07, 6.45) is 1.55. The quantitative estimate of drug-likeness (QED) is 0.717. The number of aliphatic hydroxyl groups excluding tert-OH is 1. The molecule has 104 valence electrons. The second-order valence-electron chi connectivity index (χ2n) is 4.81. The average molecular weight is 268 g/mol. The first-order valence-corrected chi connectivity index (χ1v) is 6.21. The Bertz CT molecular complexity index is 493. The number of rotatable bonds is 4. The fourth-order valence-electron chi connectivity index (χ4n) is 2.47. The predicted molar refractivity (Wildman–Crippen MR) is 69.8 cm³/mol. The zero-order chi connectivity index (χ0) is 14.0. The number of carboxylic acid groups (broad SMARTS) is 1. The largest absolute Gasteiger partial charge is 0.478 e. The van der Waals surface area contributed by atoms with E-state index in [0.717, 1.165) is 12.5 Å². The molecule has 1 aromatic rings. The van der Waals surface area contributed by atoms with Gasteiger partial charge in [0.05, 0.1) is 11.3 Å². The molecule has 1 unspecified atom stereocenters. The first kappa shape index (κ1) is 13.6. The Morgan fingerprint density at radius 1 is 1.53 bits per heavy atom. The molecule has 0 radical (unpaired) electrons. The highest BCUT2D eigenvalue weighted by Crippen LogP contribution is 2.30. The Hall–Kier alpha value is -1.82. The van der Waals surface area contributed by atoms with Gasteiger partial charge in [-0.25, -0.2) is 9.18 Å². The Balaban J connectivity index is 2.25. The molecule has 1 aromatic carbocycles. The van der Waals surface area contributed by atoms with Gasteiger partial charge in [-0.2, -0.15) is 0 Å². The zero-order valence-electron chi connectivity index (χ0n) is 10.5. The van der Waals surface area contributed by atoms with E-state index in [0.29, 0.717) is 25.4 Å².